The summed E-state index contributed by atoms with van der Waals surface area (Å²) in [5.41, 5.74) is 1.46. The lowest BCUT2D eigenvalue weighted by molar-refractivity contribution is -0.0361. The van der Waals surface area contributed by atoms with E-state index in [-0.39, 0.29) is 18.9 Å². The van der Waals surface area contributed by atoms with Crippen LogP contribution in [0.15, 0.2) is 18.0 Å². The zero-order chi connectivity index (χ0) is 18.7. The molecule has 0 radical (unpaired) electrons. The topological polar surface area (TPSA) is 59.9 Å². The van der Waals surface area contributed by atoms with Crippen LogP contribution in [0, 0.1) is 6.92 Å². The molecule has 0 atom stereocenters. The fourth-order valence-corrected chi connectivity index (χ4v) is 3.59. The number of rotatable bonds is 6. The molecule has 0 aliphatic heterocycles. The van der Waals surface area contributed by atoms with E-state index in [9.17, 15) is 8.78 Å². The summed E-state index contributed by atoms with van der Waals surface area (Å²) in [6, 6.07) is 1.71. The molecule has 2 aromatic rings. The Bertz CT molecular complexity index is 783. The van der Waals surface area contributed by atoms with Gasteiger partial charge in [-0.1, -0.05) is 6.58 Å². The average Bonchev–Trinajstić information content (AvgIpc) is 3.03. The summed E-state index contributed by atoms with van der Waals surface area (Å²) in [6.07, 6.45) is 0.606. The van der Waals surface area contributed by atoms with Crippen molar-refractivity contribution < 1.29 is 13.5 Å². The number of ether oxygens (including phenoxy) is 1. The molecule has 0 amide bonds. The Kier molecular flexibility index (Phi) is 5.50. The van der Waals surface area contributed by atoms with E-state index < -0.39 is 5.92 Å². The highest BCUT2D eigenvalue weighted by molar-refractivity contribution is 7.13. The number of aromatic nitrogens is 3. The van der Waals surface area contributed by atoms with Gasteiger partial charge in [0.05, 0.1) is 6.61 Å². The van der Waals surface area contributed by atoms with Crippen molar-refractivity contribution in [2.75, 3.05) is 11.9 Å². The molecule has 0 saturated heterocycles. The third-order valence-electron chi connectivity index (χ3n) is 4.21. The second-order valence-electron chi connectivity index (χ2n) is 6.39. The van der Waals surface area contributed by atoms with Gasteiger partial charge in [-0.3, -0.25) is 0 Å². The Morgan fingerprint density at radius 3 is 2.69 bits per heavy atom. The third kappa shape index (κ3) is 4.55. The zero-order valence-electron chi connectivity index (χ0n) is 14.9. The van der Waals surface area contributed by atoms with Gasteiger partial charge in [0.2, 0.25) is 5.92 Å². The molecule has 0 spiro atoms. The molecule has 1 aliphatic rings. The maximum Gasteiger partial charge on any atom is 0.248 e. The maximum absolute atomic E-state index is 13.4. The molecule has 1 aliphatic carbocycles. The van der Waals surface area contributed by atoms with E-state index >= 15 is 0 Å². The van der Waals surface area contributed by atoms with Crippen LogP contribution in [0.1, 0.15) is 44.0 Å². The molecular weight excluding hydrogens is 358 g/mol. The number of nitrogens with zero attached hydrogens (tertiary/aromatic N) is 3. The fraction of sp³-hybridized carbons (Fsp3) is 0.500. The van der Waals surface area contributed by atoms with Gasteiger partial charge in [0, 0.05) is 36.0 Å². The van der Waals surface area contributed by atoms with Gasteiger partial charge in [-0.25, -0.2) is 23.7 Å². The molecule has 5 nitrogen and oxygen atoms in total. The number of alkyl halides is 2. The molecule has 3 rings (SSSR count). The summed E-state index contributed by atoms with van der Waals surface area (Å²) < 4.78 is 32.2. The summed E-state index contributed by atoms with van der Waals surface area (Å²) >= 11 is 1.46. The van der Waals surface area contributed by atoms with Gasteiger partial charge in [0.15, 0.2) is 10.8 Å². The van der Waals surface area contributed by atoms with E-state index in [1.807, 2.05) is 19.2 Å². The average molecular weight is 380 g/mol. The molecule has 2 heterocycles. The van der Waals surface area contributed by atoms with E-state index in [0.717, 1.165) is 5.69 Å². The van der Waals surface area contributed by atoms with Crippen LogP contribution in [-0.4, -0.2) is 33.5 Å². The molecule has 8 heteroatoms. The Hall–Kier alpha value is -2.09. The molecule has 140 valence electrons. The van der Waals surface area contributed by atoms with E-state index in [4.69, 9.17) is 4.74 Å². The number of thiazole rings is 1. The first-order valence-corrected chi connectivity index (χ1v) is 9.52. The lowest BCUT2D eigenvalue weighted by atomic mass is 9.92. The maximum atomic E-state index is 13.4. The summed E-state index contributed by atoms with van der Waals surface area (Å²) in [6.45, 7) is 8.17. The van der Waals surface area contributed by atoms with E-state index in [0.29, 0.717) is 47.6 Å². The van der Waals surface area contributed by atoms with E-state index in [1.165, 1.54) is 11.3 Å². The van der Waals surface area contributed by atoms with Crippen LogP contribution in [0.25, 0.3) is 16.6 Å². The van der Waals surface area contributed by atoms with Crippen LogP contribution >= 0.6 is 11.3 Å². The lowest BCUT2D eigenvalue weighted by Crippen LogP contribution is -2.32. The SMILES string of the molecule is C=C(OCC)c1cc(NC2CCC(F)(F)CC2)nc(-c2nc(C)cs2)n1. The molecule has 2 aromatic heterocycles. The van der Waals surface area contributed by atoms with Gasteiger partial charge in [0.25, 0.3) is 0 Å². The smallest absolute Gasteiger partial charge is 0.248 e. The molecule has 0 unspecified atom stereocenters. The second-order valence-corrected chi connectivity index (χ2v) is 7.24. The largest absolute Gasteiger partial charge is 0.492 e. The molecule has 1 fully saturated rings. The first kappa shape index (κ1) is 18.7. The van der Waals surface area contributed by atoms with Crippen molar-refractivity contribution in [2.24, 2.45) is 0 Å². The van der Waals surface area contributed by atoms with Gasteiger partial charge in [-0.2, -0.15) is 0 Å². The van der Waals surface area contributed by atoms with Crippen LogP contribution in [0.2, 0.25) is 0 Å². The predicted molar refractivity (Wildman–Crippen MR) is 99.4 cm³/mol. The van der Waals surface area contributed by atoms with Gasteiger partial charge < -0.3 is 10.1 Å². The van der Waals surface area contributed by atoms with Gasteiger partial charge in [0.1, 0.15) is 17.3 Å². The monoisotopic (exact) mass is 380 g/mol. The quantitative estimate of drug-likeness (QED) is 0.722. The van der Waals surface area contributed by atoms with Crippen molar-refractivity contribution in [3.8, 4) is 10.8 Å². The minimum absolute atomic E-state index is 0.0383. The molecule has 0 bridgehead atoms. The fourth-order valence-electron chi connectivity index (χ4n) is 2.86. The molecule has 1 saturated carbocycles. The Morgan fingerprint density at radius 2 is 2.08 bits per heavy atom. The van der Waals surface area contributed by atoms with Crippen LogP contribution in [0.3, 0.4) is 0 Å². The van der Waals surface area contributed by atoms with E-state index in [2.05, 4.69) is 26.8 Å². The second kappa shape index (κ2) is 7.65. The van der Waals surface area contributed by atoms with Crippen molar-refractivity contribution in [1.29, 1.82) is 0 Å². The molecular formula is C18H22F2N4OS. The summed E-state index contributed by atoms with van der Waals surface area (Å²) in [4.78, 5) is 13.5. The summed E-state index contributed by atoms with van der Waals surface area (Å²) in [5, 5.41) is 5.90. The number of nitrogens with one attached hydrogen (secondary N) is 1. The number of hydrogen-bond acceptors (Lipinski definition) is 6. The van der Waals surface area contributed by atoms with Crippen LogP contribution < -0.4 is 5.32 Å². The highest BCUT2D eigenvalue weighted by Crippen LogP contribution is 2.34. The highest BCUT2D eigenvalue weighted by Gasteiger charge is 2.35. The van der Waals surface area contributed by atoms with Crippen molar-refractivity contribution in [1.82, 2.24) is 15.0 Å². The standard InChI is InChI=1S/C18H22F2N4OS/c1-4-25-12(3)14-9-15(22-13-5-7-18(19,20)8-6-13)24-16(23-14)17-21-11(2)10-26-17/h9-10,13H,3-8H2,1-2H3,(H,22,23,24). The summed E-state index contributed by atoms with van der Waals surface area (Å²) in [5.74, 6) is -1.05. The van der Waals surface area contributed by atoms with E-state index in [1.54, 1.807) is 6.07 Å². The minimum Gasteiger partial charge on any atom is -0.492 e. The van der Waals surface area contributed by atoms with Crippen LogP contribution in [-0.2, 0) is 4.74 Å². The Morgan fingerprint density at radius 1 is 1.35 bits per heavy atom. The number of anilines is 1. The van der Waals surface area contributed by atoms with Crippen molar-refractivity contribution >= 4 is 22.9 Å². The minimum atomic E-state index is -2.55. The first-order valence-electron chi connectivity index (χ1n) is 8.64. The van der Waals surface area contributed by atoms with Crippen LogP contribution in [0.5, 0.6) is 0 Å². The van der Waals surface area contributed by atoms with Crippen molar-refractivity contribution in [3.63, 3.8) is 0 Å². The van der Waals surface area contributed by atoms with Crippen molar-refractivity contribution in [2.45, 2.75) is 51.5 Å². The van der Waals surface area contributed by atoms with Gasteiger partial charge >= 0.3 is 0 Å². The molecule has 0 aromatic carbocycles. The zero-order valence-corrected chi connectivity index (χ0v) is 15.7. The number of aryl methyl sites for hydroxylation is 1. The summed E-state index contributed by atoms with van der Waals surface area (Å²) in [7, 11) is 0. The van der Waals surface area contributed by atoms with Crippen molar-refractivity contribution in [3.05, 3.63) is 29.4 Å². The predicted octanol–water partition coefficient (Wildman–Crippen LogP) is 4.91. The number of halogens is 2. The third-order valence-corrected chi connectivity index (χ3v) is 5.17. The first-order chi connectivity index (χ1) is 12.4. The van der Waals surface area contributed by atoms with Gasteiger partial charge in [-0.05, 0) is 26.7 Å². The normalized spacial score (nSPS) is 17.1. The number of hydrogen-bond donors (Lipinski definition) is 1. The lowest BCUT2D eigenvalue weighted by Gasteiger charge is -2.29. The molecule has 1 N–H and O–H groups in total. The van der Waals surface area contributed by atoms with Crippen LogP contribution in [0.4, 0.5) is 14.6 Å². The van der Waals surface area contributed by atoms with Gasteiger partial charge in [-0.15, -0.1) is 11.3 Å². The highest BCUT2D eigenvalue weighted by atomic mass is 32.1. The Labute approximate surface area is 155 Å². The Balaban J connectivity index is 1.86. The molecule has 26 heavy (non-hydrogen) atoms.